The van der Waals surface area contributed by atoms with Gasteiger partial charge in [0.25, 0.3) is 0 Å². The van der Waals surface area contributed by atoms with Gasteiger partial charge < -0.3 is 9.84 Å². The summed E-state index contributed by atoms with van der Waals surface area (Å²) in [7, 11) is 3.43. The van der Waals surface area contributed by atoms with Crippen LogP contribution in [0.2, 0.25) is 0 Å². The van der Waals surface area contributed by atoms with Crippen LogP contribution in [-0.2, 0) is 18.3 Å². The molecule has 0 fully saturated rings. The third-order valence-electron chi connectivity index (χ3n) is 3.10. The normalized spacial score (nSPS) is 10.6. The minimum Gasteiger partial charge on any atom is -0.496 e. The van der Waals surface area contributed by atoms with Gasteiger partial charge in [-0.2, -0.15) is 5.10 Å². The van der Waals surface area contributed by atoms with Crippen molar-refractivity contribution in [2.24, 2.45) is 7.05 Å². The van der Waals surface area contributed by atoms with Crippen molar-refractivity contribution in [3.8, 4) is 16.9 Å². The van der Waals surface area contributed by atoms with E-state index in [0.29, 0.717) is 6.42 Å². The van der Waals surface area contributed by atoms with Crippen molar-refractivity contribution in [1.29, 1.82) is 0 Å². The van der Waals surface area contributed by atoms with Gasteiger partial charge in [0.15, 0.2) is 0 Å². The minimum atomic E-state index is -0.812. The van der Waals surface area contributed by atoms with E-state index in [0.717, 1.165) is 27.0 Å². The molecule has 1 N–H and O–H groups in total. The van der Waals surface area contributed by atoms with Gasteiger partial charge in [0.1, 0.15) is 5.75 Å². The van der Waals surface area contributed by atoms with Gasteiger partial charge in [-0.1, -0.05) is 6.07 Å². The number of carboxylic acids is 1. The molecule has 0 bridgehead atoms. The summed E-state index contributed by atoms with van der Waals surface area (Å²) in [5.74, 6) is -0.0576. The van der Waals surface area contributed by atoms with Crippen LogP contribution in [0.3, 0.4) is 0 Å². The Morgan fingerprint density at radius 1 is 1.50 bits per heavy atom. The van der Waals surface area contributed by atoms with Crippen molar-refractivity contribution in [2.45, 2.75) is 12.8 Å². The molecule has 0 unspecified atom stereocenters. The molecule has 5 nitrogen and oxygen atoms in total. The summed E-state index contributed by atoms with van der Waals surface area (Å²) in [5, 5.41) is 13.0. The van der Waals surface area contributed by atoms with Gasteiger partial charge in [-0.25, -0.2) is 0 Å². The first-order valence-corrected chi connectivity index (χ1v) is 6.88. The Bertz CT molecular complexity index is 637. The number of hydrogen-bond donors (Lipinski definition) is 1. The van der Waals surface area contributed by atoms with Crippen molar-refractivity contribution in [3.63, 3.8) is 0 Å². The summed E-state index contributed by atoms with van der Waals surface area (Å²) < 4.78 is 7.78. The topological polar surface area (TPSA) is 64.4 Å². The van der Waals surface area contributed by atoms with Crippen LogP contribution in [0, 0.1) is 0 Å². The molecule has 1 aromatic carbocycles. The van der Waals surface area contributed by atoms with E-state index in [2.05, 4.69) is 21.0 Å². The number of benzene rings is 1. The number of carboxylic acid groups (broad SMARTS) is 1. The molecule has 0 saturated heterocycles. The van der Waals surface area contributed by atoms with Crippen LogP contribution in [0.4, 0.5) is 0 Å². The van der Waals surface area contributed by atoms with E-state index < -0.39 is 5.97 Å². The molecule has 2 aromatic rings. The predicted molar refractivity (Wildman–Crippen MR) is 78.9 cm³/mol. The summed E-state index contributed by atoms with van der Waals surface area (Å²) in [6, 6.07) is 5.75. The molecule has 1 heterocycles. The van der Waals surface area contributed by atoms with Crippen LogP contribution in [0.5, 0.6) is 5.75 Å². The van der Waals surface area contributed by atoms with Gasteiger partial charge in [-0.3, -0.25) is 9.48 Å². The second-order valence-electron chi connectivity index (χ2n) is 4.37. The van der Waals surface area contributed by atoms with Crippen LogP contribution in [0.1, 0.15) is 12.1 Å². The molecule has 2 rings (SSSR count). The van der Waals surface area contributed by atoms with E-state index in [4.69, 9.17) is 9.84 Å². The van der Waals surface area contributed by atoms with Gasteiger partial charge in [-0.15, -0.1) is 0 Å². The van der Waals surface area contributed by atoms with Crippen molar-refractivity contribution in [2.75, 3.05) is 7.11 Å². The zero-order valence-corrected chi connectivity index (χ0v) is 12.8. The fourth-order valence-corrected chi connectivity index (χ4v) is 2.60. The van der Waals surface area contributed by atoms with Gasteiger partial charge >= 0.3 is 5.97 Å². The Morgan fingerprint density at radius 3 is 2.85 bits per heavy atom. The first-order chi connectivity index (χ1) is 9.52. The zero-order chi connectivity index (χ0) is 14.7. The third kappa shape index (κ3) is 3.01. The average Bonchev–Trinajstić information content (AvgIpc) is 2.77. The number of aliphatic carboxylic acids is 1. The van der Waals surface area contributed by atoms with Crippen LogP contribution < -0.4 is 4.74 Å². The van der Waals surface area contributed by atoms with Crippen molar-refractivity contribution in [1.82, 2.24) is 9.78 Å². The molecule has 106 valence electrons. The summed E-state index contributed by atoms with van der Waals surface area (Å²) in [5.41, 5.74) is 2.83. The molecule has 0 saturated carbocycles. The van der Waals surface area contributed by atoms with E-state index in [1.807, 2.05) is 25.2 Å². The molecular weight excluding hydrogens is 324 g/mol. The smallest absolute Gasteiger partial charge is 0.303 e. The SMILES string of the molecule is COc1ccc(-c2cnn(C)c2CCC(=O)O)cc1Br. The van der Waals surface area contributed by atoms with Gasteiger partial charge in [0, 0.05) is 24.7 Å². The van der Waals surface area contributed by atoms with Gasteiger partial charge in [0.2, 0.25) is 0 Å². The summed E-state index contributed by atoms with van der Waals surface area (Å²) >= 11 is 3.45. The monoisotopic (exact) mass is 338 g/mol. The molecule has 0 atom stereocenters. The Kier molecular flexibility index (Phi) is 4.44. The summed E-state index contributed by atoms with van der Waals surface area (Å²) in [4.78, 5) is 10.7. The Morgan fingerprint density at radius 2 is 2.25 bits per heavy atom. The molecular formula is C14H15BrN2O3. The first kappa shape index (κ1) is 14.6. The van der Waals surface area contributed by atoms with E-state index >= 15 is 0 Å². The molecule has 0 aliphatic rings. The highest BCUT2D eigenvalue weighted by Gasteiger charge is 2.13. The fourth-order valence-electron chi connectivity index (χ4n) is 2.06. The van der Waals surface area contributed by atoms with Crippen LogP contribution in [-0.4, -0.2) is 28.0 Å². The summed E-state index contributed by atoms with van der Waals surface area (Å²) in [6.07, 6.45) is 2.29. The molecule has 1 aromatic heterocycles. The second-order valence-corrected chi connectivity index (χ2v) is 5.23. The van der Waals surface area contributed by atoms with Gasteiger partial charge in [-0.05, 0) is 33.6 Å². The first-order valence-electron chi connectivity index (χ1n) is 6.09. The molecule has 0 aliphatic carbocycles. The van der Waals surface area contributed by atoms with E-state index in [1.54, 1.807) is 18.0 Å². The fraction of sp³-hybridized carbons (Fsp3) is 0.286. The number of halogens is 1. The van der Waals surface area contributed by atoms with E-state index in [1.165, 1.54) is 0 Å². The maximum atomic E-state index is 10.7. The number of nitrogens with zero attached hydrogens (tertiary/aromatic N) is 2. The highest BCUT2D eigenvalue weighted by atomic mass is 79.9. The van der Waals surface area contributed by atoms with Crippen LogP contribution >= 0.6 is 15.9 Å². The van der Waals surface area contributed by atoms with Crippen molar-refractivity contribution >= 4 is 21.9 Å². The third-order valence-corrected chi connectivity index (χ3v) is 3.72. The maximum absolute atomic E-state index is 10.7. The van der Waals surface area contributed by atoms with E-state index in [9.17, 15) is 4.79 Å². The summed E-state index contributed by atoms with van der Waals surface area (Å²) in [6.45, 7) is 0. The lowest BCUT2D eigenvalue weighted by atomic mass is 10.0. The Balaban J connectivity index is 2.37. The highest BCUT2D eigenvalue weighted by molar-refractivity contribution is 9.10. The minimum absolute atomic E-state index is 0.0872. The maximum Gasteiger partial charge on any atom is 0.303 e. The van der Waals surface area contributed by atoms with Crippen LogP contribution in [0.15, 0.2) is 28.9 Å². The molecule has 0 amide bonds. The highest BCUT2D eigenvalue weighted by Crippen LogP contribution is 2.32. The quantitative estimate of drug-likeness (QED) is 0.910. The lowest BCUT2D eigenvalue weighted by molar-refractivity contribution is -0.136. The average molecular weight is 339 g/mol. The lowest BCUT2D eigenvalue weighted by Gasteiger charge is -2.08. The Hall–Kier alpha value is -1.82. The molecule has 6 heteroatoms. The number of aryl methyl sites for hydroxylation is 1. The molecule has 0 spiro atoms. The molecule has 0 aliphatic heterocycles. The second kappa shape index (κ2) is 6.09. The molecule has 20 heavy (non-hydrogen) atoms. The zero-order valence-electron chi connectivity index (χ0n) is 11.3. The number of rotatable bonds is 5. The largest absolute Gasteiger partial charge is 0.496 e. The van der Waals surface area contributed by atoms with Crippen molar-refractivity contribution < 1.29 is 14.6 Å². The number of carbonyl (C=O) groups is 1. The van der Waals surface area contributed by atoms with Crippen molar-refractivity contribution in [3.05, 3.63) is 34.6 Å². The number of hydrogen-bond acceptors (Lipinski definition) is 3. The van der Waals surface area contributed by atoms with Crippen LogP contribution in [0.25, 0.3) is 11.1 Å². The Labute approximate surface area is 125 Å². The lowest BCUT2D eigenvalue weighted by Crippen LogP contribution is -2.04. The standard InChI is InChI=1S/C14H15BrN2O3/c1-17-12(4-6-14(18)19)10(8-16-17)9-3-5-13(20-2)11(15)7-9/h3,5,7-8H,4,6H2,1-2H3,(H,18,19). The molecule has 0 radical (unpaired) electrons. The van der Waals surface area contributed by atoms with E-state index in [-0.39, 0.29) is 6.42 Å². The number of ether oxygens (including phenoxy) is 1. The van der Waals surface area contributed by atoms with Gasteiger partial charge in [0.05, 0.1) is 24.2 Å². The predicted octanol–water partition coefficient (Wildman–Crippen LogP) is 2.88. The number of aromatic nitrogens is 2. The number of methoxy groups -OCH3 is 1.